The first kappa shape index (κ1) is 10.8. The second-order valence-corrected chi connectivity index (χ2v) is 3.36. The van der Waals surface area contributed by atoms with Gasteiger partial charge < -0.3 is 14.4 Å². The third kappa shape index (κ3) is 3.22. The van der Waals surface area contributed by atoms with Crippen molar-refractivity contribution in [2.75, 3.05) is 6.61 Å². The largest absolute Gasteiger partial charge is 0.478 e. The third-order valence-corrected chi connectivity index (χ3v) is 1.80. The number of aromatic carboxylic acids is 1. The molecule has 0 saturated heterocycles. The molecule has 1 N–H and O–H groups in total. The van der Waals surface area contributed by atoms with Gasteiger partial charge in [0.15, 0.2) is 0 Å². The van der Waals surface area contributed by atoms with E-state index >= 15 is 0 Å². The van der Waals surface area contributed by atoms with Crippen LogP contribution in [0, 0.1) is 0 Å². The van der Waals surface area contributed by atoms with Gasteiger partial charge in [0.05, 0.1) is 18.3 Å². The maximum Gasteiger partial charge on any atom is 0.337 e. The van der Waals surface area contributed by atoms with Crippen molar-refractivity contribution < 1.29 is 14.6 Å². The Hall–Kier alpha value is -1.29. The number of ether oxygens (including phenoxy) is 1. The first-order chi connectivity index (χ1) is 6.59. The summed E-state index contributed by atoms with van der Waals surface area (Å²) < 4.78 is 7.16. The molecular weight excluding hydrogens is 182 g/mol. The molecule has 1 heterocycles. The fraction of sp³-hybridized carbons (Fsp3) is 0.500. The number of nitrogens with zero attached hydrogens (tertiary/aromatic N) is 1. The standard InChI is InChI=1S/C10H15NO3/c1-8(2)14-6-5-11-4-3-9(7-11)10(12)13/h3-4,7-8H,5-6H2,1-2H3,(H,12,13). The van der Waals surface area contributed by atoms with Crippen molar-refractivity contribution >= 4 is 5.97 Å². The number of rotatable bonds is 5. The lowest BCUT2D eigenvalue weighted by molar-refractivity contribution is 0.0690. The summed E-state index contributed by atoms with van der Waals surface area (Å²) in [5.41, 5.74) is 0.314. The van der Waals surface area contributed by atoms with E-state index in [0.29, 0.717) is 18.7 Å². The molecule has 0 saturated carbocycles. The van der Waals surface area contributed by atoms with Crippen LogP contribution in [0.5, 0.6) is 0 Å². The summed E-state index contributed by atoms with van der Waals surface area (Å²) in [5, 5.41) is 8.67. The van der Waals surface area contributed by atoms with E-state index in [-0.39, 0.29) is 6.10 Å². The van der Waals surface area contributed by atoms with Crippen LogP contribution in [0.15, 0.2) is 18.5 Å². The molecule has 0 aromatic carbocycles. The zero-order chi connectivity index (χ0) is 10.6. The molecule has 0 atom stereocenters. The van der Waals surface area contributed by atoms with Gasteiger partial charge in [-0.05, 0) is 19.9 Å². The zero-order valence-electron chi connectivity index (χ0n) is 8.43. The van der Waals surface area contributed by atoms with Crippen molar-refractivity contribution in [1.29, 1.82) is 0 Å². The lowest BCUT2D eigenvalue weighted by atomic mass is 10.4. The molecule has 0 aliphatic carbocycles. The molecule has 0 aliphatic rings. The summed E-state index contributed by atoms with van der Waals surface area (Å²) in [7, 11) is 0. The van der Waals surface area contributed by atoms with Gasteiger partial charge in [0.2, 0.25) is 0 Å². The summed E-state index contributed by atoms with van der Waals surface area (Å²) in [4.78, 5) is 10.6. The highest BCUT2D eigenvalue weighted by Crippen LogP contribution is 2.01. The Morgan fingerprint density at radius 2 is 2.36 bits per heavy atom. The fourth-order valence-corrected chi connectivity index (χ4v) is 1.10. The number of hydrogen-bond acceptors (Lipinski definition) is 2. The molecule has 1 aromatic rings. The van der Waals surface area contributed by atoms with E-state index in [1.54, 1.807) is 18.5 Å². The normalized spacial score (nSPS) is 10.8. The van der Waals surface area contributed by atoms with E-state index in [9.17, 15) is 4.79 Å². The van der Waals surface area contributed by atoms with Gasteiger partial charge in [0, 0.05) is 18.9 Å². The topological polar surface area (TPSA) is 51.5 Å². The monoisotopic (exact) mass is 197 g/mol. The van der Waals surface area contributed by atoms with E-state index in [0.717, 1.165) is 0 Å². The lowest BCUT2D eigenvalue weighted by Crippen LogP contribution is -2.09. The third-order valence-electron chi connectivity index (χ3n) is 1.80. The Kier molecular flexibility index (Phi) is 3.71. The van der Waals surface area contributed by atoms with Crippen LogP contribution < -0.4 is 0 Å². The maximum atomic E-state index is 10.6. The molecule has 0 spiro atoms. The van der Waals surface area contributed by atoms with Gasteiger partial charge in [-0.1, -0.05) is 0 Å². The van der Waals surface area contributed by atoms with E-state index in [1.165, 1.54) is 0 Å². The smallest absolute Gasteiger partial charge is 0.337 e. The first-order valence-electron chi connectivity index (χ1n) is 4.60. The average Bonchev–Trinajstić information content (AvgIpc) is 2.52. The van der Waals surface area contributed by atoms with Crippen LogP contribution in [0.4, 0.5) is 0 Å². The van der Waals surface area contributed by atoms with Gasteiger partial charge in [-0.3, -0.25) is 0 Å². The molecule has 0 fully saturated rings. The molecule has 14 heavy (non-hydrogen) atoms. The Morgan fingerprint density at radius 3 is 2.86 bits per heavy atom. The summed E-state index contributed by atoms with van der Waals surface area (Å²) >= 11 is 0. The number of aromatic nitrogens is 1. The SMILES string of the molecule is CC(C)OCCn1ccc(C(=O)O)c1. The second-order valence-electron chi connectivity index (χ2n) is 3.36. The van der Waals surface area contributed by atoms with Crippen molar-refractivity contribution in [2.24, 2.45) is 0 Å². The number of carboxylic acids is 1. The van der Waals surface area contributed by atoms with Crippen LogP contribution in [0.2, 0.25) is 0 Å². The van der Waals surface area contributed by atoms with Gasteiger partial charge >= 0.3 is 5.97 Å². The highest BCUT2D eigenvalue weighted by atomic mass is 16.5. The second kappa shape index (κ2) is 4.81. The molecular formula is C10H15NO3. The van der Waals surface area contributed by atoms with Crippen LogP contribution in [-0.2, 0) is 11.3 Å². The predicted octanol–water partition coefficient (Wildman–Crippen LogP) is 1.61. The molecule has 4 nitrogen and oxygen atoms in total. The number of carboxylic acid groups (broad SMARTS) is 1. The minimum Gasteiger partial charge on any atom is -0.478 e. The first-order valence-corrected chi connectivity index (χ1v) is 4.60. The van der Waals surface area contributed by atoms with Crippen molar-refractivity contribution in [3.8, 4) is 0 Å². The van der Waals surface area contributed by atoms with Crippen LogP contribution in [-0.4, -0.2) is 28.4 Å². The maximum absolute atomic E-state index is 10.6. The lowest BCUT2D eigenvalue weighted by Gasteiger charge is -2.07. The predicted molar refractivity (Wildman–Crippen MR) is 52.5 cm³/mol. The molecule has 0 radical (unpaired) electrons. The van der Waals surface area contributed by atoms with E-state index in [2.05, 4.69) is 0 Å². The van der Waals surface area contributed by atoms with Gasteiger partial charge in [0.1, 0.15) is 0 Å². The quantitative estimate of drug-likeness (QED) is 0.780. The van der Waals surface area contributed by atoms with Gasteiger partial charge in [0.25, 0.3) is 0 Å². The molecule has 0 amide bonds. The Labute approximate surface area is 83.1 Å². The highest BCUT2D eigenvalue weighted by molar-refractivity contribution is 5.87. The number of hydrogen-bond donors (Lipinski definition) is 1. The molecule has 0 unspecified atom stereocenters. The summed E-state index contributed by atoms with van der Waals surface area (Å²) in [5.74, 6) is -0.895. The molecule has 0 aliphatic heterocycles. The van der Waals surface area contributed by atoms with E-state index < -0.39 is 5.97 Å². The van der Waals surface area contributed by atoms with Gasteiger partial charge in [-0.25, -0.2) is 4.79 Å². The van der Waals surface area contributed by atoms with Crippen molar-refractivity contribution in [1.82, 2.24) is 4.57 Å². The fourth-order valence-electron chi connectivity index (χ4n) is 1.10. The molecule has 1 aromatic heterocycles. The molecule has 1 rings (SSSR count). The summed E-state index contributed by atoms with van der Waals surface area (Å²) in [6, 6.07) is 1.58. The van der Waals surface area contributed by atoms with Gasteiger partial charge in [-0.2, -0.15) is 0 Å². The minimum atomic E-state index is -0.895. The van der Waals surface area contributed by atoms with E-state index in [4.69, 9.17) is 9.84 Å². The van der Waals surface area contributed by atoms with Crippen molar-refractivity contribution in [3.63, 3.8) is 0 Å². The van der Waals surface area contributed by atoms with Crippen LogP contribution in [0.1, 0.15) is 24.2 Å². The van der Waals surface area contributed by atoms with E-state index in [1.807, 2.05) is 18.4 Å². The van der Waals surface area contributed by atoms with Crippen molar-refractivity contribution in [3.05, 3.63) is 24.0 Å². The van der Waals surface area contributed by atoms with Crippen LogP contribution in [0.3, 0.4) is 0 Å². The highest BCUT2D eigenvalue weighted by Gasteiger charge is 2.03. The summed E-state index contributed by atoms with van der Waals surface area (Å²) in [6.07, 6.45) is 3.56. The zero-order valence-corrected chi connectivity index (χ0v) is 8.43. The minimum absolute atomic E-state index is 0.213. The van der Waals surface area contributed by atoms with Gasteiger partial charge in [-0.15, -0.1) is 0 Å². The van der Waals surface area contributed by atoms with Crippen LogP contribution >= 0.6 is 0 Å². The molecule has 78 valence electrons. The molecule has 0 bridgehead atoms. The Morgan fingerprint density at radius 1 is 1.64 bits per heavy atom. The number of carbonyl (C=O) groups is 1. The Balaban J connectivity index is 2.40. The average molecular weight is 197 g/mol. The van der Waals surface area contributed by atoms with Crippen molar-refractivity contribution in [2.45, 2.75) is 26.5 Å². The Bertz CT molecular complexity index is 304. The van der Waals surface area contributed by atoms with Crippen LogP contribution in [0.25, 0.3) is 0 Å². The molecule has 4 heteroatoms. The summed E-state index contributed by atoms with van der Waals surface area (Å²) in [6.45, 7) is 5.23.